The number of nitrogens with zero attached hydrogens (tertiary/aromatic N) is 2. The van der Waals surface area contributed by atoms with Crippen LogP contribution in [0.5, 0.6) is 0 Å². The van der Waals surface area contributed by atoms with Crippen LogP contribution in [-0.2, 0) is 21.2 Å². The largest absolute Gasteiger partial charge is 0.481 e. The molecule has 5 rings (SSSR count). The summed E-state index contributed by atoms with van der Waals surface area (Å²) in [5.41, 5.74) is 0.219. The van der Waals surface area contributed by atoms with Crippen LogP contribution in [0.15, 0.2) is 41.3 Å². The highest BCUT2D eigenvalue weighted by atomic mass is 32.2. The standard InChI is InChI=1S/C32H41N3O5S2/c1-31(2,3)34-42(39,40)26-16-15-24(22-13-9-10-14-23(22)26)27-25(17-20-11-7-6-8-12-20)33-28(41-27)29(36)35-18-21(19-35)32(4,5)30(37)38/h9-10,13-16,20-21,34H,6-8,11-12,17-19H2,1-5H3,(H,37,38). The van der Waals surface area contributed by atoms with Crippen LogP contribution in [0, 0.1) is 17.3 Å². The summed E-state index contributed by atoms with van der Waals surface area (Å²) in [5, 5.41) is 11.4. The van der Waals surface area contributed by atoms with Gasteiger partial charge in [-0.2, -0.15) is 0 Å². The number of sulfonamides is 1. The first-order valence-electron chi connectivity index (χ1n) is 14.8. The molecule has 2 aliphatic rings. The minimum absolute atomic E-state index is 0.111. The zero-order chi connectivity index (χ0) is 30.4. The third-order valence-corrected chi connectivity index (χ3v) is 11.6. The maximum absolute atomic E-state index is 13.6. The van der Waals surface area contributed by atoms with E-state index in [1.807, 2.05) is 51.1 Å². The van der Waals surface area contributed by atoms with Crippen molar-refractivity contribution in [2.45, 2.75) is 83.6 Å². The smallest absolute Gasteiger partial charge is 0.309 e. The Labute approximate surface area is 252 Å². The molecule has 1 aliphatic heterocycles. The van der Waals surface area contributed by atoms with Crippen molar-refractivity contribution in [3.63, 3.8) is 0 Å². The lowest BCUT2D eigenvalue weighted by molar-refractivity contribution is -0.153. The van der Waals surface area contributed by atoms with Gasteiger partial charge in [0.1, 0.15) is 0 Å². The lowest BCUT2D eigenvalue weighted by Crippen LogP contribution is -2.57. The van der Waals surface area contributed by atoms with Gasteiger partial charge in [0.2, 0.25) is 10.0 Å². The van der Waals surface area contributed by atoms with E-state index in [-0.39, 0.29) is 16.7 Å². The molecule has 226 valence electrons. The van der Waals surface area contributed by atoms with Crippen LogP contribution in [0.4, 0.5) is 0 Å². The highest BCUT2D eigenvalue weighted by Crippen LogP contribution is 2.41. The molecule has 2 heterocycles. The number of likely N-dealkylation sites (tertiary alicyclic amines) is 1. The van der Waals surface area contributed by atoms with E-state index < -0.39 is 26.9 Å². The second kappa shape index (κ2) is 11.4. The van der Waals surface area contributed by atoms with E-state index in [2.05, 4.69) is 4.72 Å². The van der Waals surface area contributed by atoms with Crippen LogP contribution in [0.25, 0.3) is 21.2 Å². The van der Waals surface area contributed by atoms with Crippen molar-refractivity contribution in [2.24, 2.45) is 17.3 Å². The quantitative estimate of drug-likeness (QED) is 0.307. The van der Waals surface area contributed by atoms with Crippen LogP contribution in [0.2, 0.25) is 0 Å². The van der Waals surface area contributed by atoms with Crippen LogP contribution in [-0.4, -0.2) is 53.9 Å². The normalized spacial score (nSPS) is 17.4. The molecule has 0 radical (unpaired) electrons. The van der Waals surface area contributed by atoms with Crippen molar-refractivity contribution in [3.05, 3.63) is 47.1 Å². The van der Waals surface area contributed by atoms with Gasteiger partial charge in [0.25, 0.3) is 5.91 Å². The van der Waals surface area contributed by atoms with Gasteiger partial charge in [-0.3, -0.25) is 9.59 Å². The van der Waals surface area contributed by atoms with Crippen molar-refractivity contribution < 1.29 is 23.1 Å². The van der Waals surface area contributed by atoms with Gasteiger partial charge in [-0.1, -0.05) is 62.4 Å². The summed E-state index contributed by atoms with van der Waals surface area (Å²) in [4.78, 5) is 33.0. The Kier molecular flexibility index (Phi) is 8.28. The number of carbonyl (C=O) groups is 2. The molecule has 1 amide bonds. The minimum atomic E-state index is -3.78. The van der Waals surface area contributed by atoms with E-state index >= 15 is 0 Å². The first kappa shape index (κ1) is 30.6. The Morgan fingerprint density at radius 2 is 1.64 bits per heavy atom. The van der Waals surface area contributed by atoms with E-state index in [1.165, 1.54) is 30.6 Å². The number of carboxylic acids is 1. The monoisotopic (exact) mass is 611 g/mol. The number of aliphatic carboxylic acids is 1. The van der Waals surface area contributed by atoms with Gasteiger partial charge in [0.15, 0.2) is 5.01 Å². The number of carbonyl (C=O) groups excluding carboxylic acids is 1. The van der Waals surface area contributed by atoms with E-state index in [9.17, 15) is 23.1 Å². The topological polar surface area (TPSA) is 117 Å². The summed E-state index contributed by atoms with van der Waals surface area (Å²) in [6.07, 6.45) is 6.68. The zero-order valence-electron chi connectivity index (χ0n) is 25.1. The van der Waals surface area contributed by atoms with Crippen LogP contribution in [0.3, 0.4) is 0 Å². The predicted octanol–water partition coefficient (Wildman–Crippen LogP) is 6.35. The lowest BCUT2D eigenvalue weighted by atomic mass is 9.74. The molecule has 2 N–H and O–H groups in total. The van der Waals surface area contributed by atoms with Crippen molar-refractivity contribution in [1.82, 2.24) is 14.6 Å². The molecule has 0 bridgehead atoms. The van der Waals surface area contributed by atoms with Gasteiger partial charge in [0.05, 0.1) is 20.9 Å². The summed E-state index contributed by atoms with van der Waals surface area (Å²) in [5.74, 6) is -0.651. The highest BCUT2D eigenvalue weighted by molar-refractivity contribution is 7.89. The highest BCUT2D eigenvalue weighted by Gasteiger charge is 2.46. The molecule has 1 aliphatic carbocycles. The second-order valence-corrected chi connectivity index (χ2v) is 16.1. The fourth-order valence-corrected chi connectivity index (χ4v) is 8.76. The first-order chi connectivity index (χ1) is 19.7. The summed E-state index contributed by atoms with van der Waals surface area (Å²) < 4.78 is 29.5. The van der Waals surface area contributed by atoms with E-state index in [4.69, 9.17) is 4.98 Å². The third kappa shape index (κ3) is 6.12. The van der Waals surface area contributed by atoms with Gasteiger partial charge >= 0.3 is 5.97 Å². The average molecular weight is 612 g/mol. The summed E-state index contributed by atoms with van der Waals surface area (Å²) in [6, 6.07) is 11.0. The Morgan fingerprint density at radius 1 is 1.00 bits per heavy atom. The van der Waals surface area contributed by atoms with Gasteiger partial charge in [-0.15, -0.1) is 11.3 Å². The summed E-state index contributed by atoms with van der Waals surface area (Å²) >= 11 is 1.36. The van der Waals surface area contributed by atoms with E-state index in [0.29, 0.717) is 29.4 Å². The number of fused-ring (bicyclic) bond motifs is 1. The molecule has 0 unspecified atom stereocenters. The molecular formula is C32H41N3O5S2. The summed E-state index contributed by atoms with van der Waals surface area (Å²) in [7, 11) is -3.78. The Morgan fingerprint density at radius 3 is 2.26 bits per heavy atom. The number of carboxylic acid groups (broad SMARTS) is 1. The number of nitrogens with one attached hydrogen (secondary N) is 1. The fraction of sp³-hybridized carbons (Fsp3) is 0.531. The average Bonchev–Trinajstić information content (AvgIpc) is 3.29. The Balaban J connectivity index is 1.54. The predicted molar refractivity (Wildman–Crippen MR) is 166 cm³/mol. The van der Waals surface area contributed by atoms with Crippen molar-refractivity contribution in [1.29, 1.82) is 0 Å². The molecular weight excluding hydrogens is 571 g/mol. The maximum atomic E-state index is 13.6. The molecule has 1 saturated heterocycles. The maximum Gasteiger partial charge on any atom is 0.309 e. The van der Waals surface area contributed by atoms with Gasteiger partial charge in [-0.25, -0.2) is 18.1 Å². The van der Waals surface area contributed by atoms with Gasteiger partial charge in [0, 0.05) is 35.5 Å². The Hall–Kier alpha value is -2.82. The van der Waals surface area contributed by atoms with Crippen molar-refractivity contribution >= 4 is 44.0 Å². The number of thiazole rings is 1. The SMILES string of the molecule is CC(C)(C)NS(=O)(=O)c1ccc(-c2sc(C(=O)N3CC(C(C)(C)C(=O)O)C3)nc2CC2CCCCC2)c2ccccc12. The molecule has 3 aromatic rings. The molecule has 10 heteroatoms. The minimum Gasteiger partial charge on any atom is -0.481 e. The number of hydrogen-bond acceptors (Lipinski definition) is 6. The molecule has 0 atom stereocenters. The number of hydrogen-bond donors (Lipinski definition) is 2. The zero-order valence-corrected chi connectivity index (χ0v) is 26.7. The Bertz CT molecular complexity index is 1610. The van der Waals surface area contributed by atoms with Crippen LogP contribution in [0.1, 0.15) is 82.2 Å². The first-order valence-corrected chi connectivity index (χ1v) is 17.1. The van der Waals surface area contributed by atoms with Gasteiger partial charge in [-0.05, 0) is 58.4 Å². The van der Waals surface area contributed by atoms with Crippen LogP contribution < -0.4 is 4.72 Å². The number of amides is 1. The molecule has 2 fully saturated rings. The molecule has 0 spiro atoms. The second-order valence-electron chi connectivity index (χ2n) is 13.4. The molecule has 1 aromatic heterocycles. The summed E-state index contributed by atoms with van der Waals surface area (Å²) in [6.45, 7) is 9.64. The third-order valence-electron chi connectivity index (χ3n) is 8.69. The number of aromatic nitrogens is 1. The van der Waals surface area contributed by atoms with Crippen molar-refractivity contribution in [2.75, 3.05) is 13.1 Å². The van der Waals surface area contributed by atoms with Crippen molar-refractivity contribution in [3.8, 4) is 10.4 Å². The van der Waals surface area contributed by atoms with E-state index in [1.54, 1.807) is 24.8 Å². The molecule has 2 aromatic carbocycles. The number of benzene rings is 2. The molecule has 8 nitrogen and oxygen atoms in total. The van der Waals surface area contributed by atoms with Crippen LogP contribution >= 0.6 is 11.3 Å². The van der Waals surface area contributed by atoms with Gasteiger partial charge < -0.3 is 10.0 Å². The van der Waals surface area contributed by atoms with E-state index in [0.717, 1.165) is 40.8 Å². The lowest BCUT2D eigenvalue weighted by Gasteiger charge is -2.45. The number of rotatable bonds is 8. The molecule has 1 saturated carbocycles. The molecule has 42 heavy (non-hydrogen) atoms. The fourth-order valence-electron chi connectivity index (χ4n) is 6.03.